The fraction of sp³-hybridized carbons (Fsp3) is 1.00. The van der Waals surface area contributed by atoms with E-state index >= 15 is 0 Å². The maximum atomic E-state index is 5.80. The van der Waals surface area contributed by atoms with Gasteiger partial charge in [0.05, 0.1) is 12.7 Å². The first-order chi connectivity index (χ1) is 7.70. The summed E-state index contributed by atoms with van der Waals surface area (Å²) >= 11 is 0. The Morgan fingerprint density at radius 2 is 1.75 bits per heavy atom. The molecule has 1 rings (SSSR count). The maximum absolute atomic E-state index is 5.80. The summed E-state index contributed by atoms with van der Waals surface area (Å²) in [6, 6.07) is 1.13. The van der Waals surface area contributed by atoms with E-state index in [4.69, 9.17) is 13.6 Å². The Morgan fingerprint density at radius 1 is 1.12 bits per heavy atom. The Morgan fingerprint density at radius 3 is 2.25 bits per heavy atom. The van der Waals surface area contributed by atoms with Crippen molar-refractivity contribution in [3.8, 4) is 0 Å². The molecule has 1 atom stereocenters. The molecule has 0 saturated carbocycles. The van der Waals surface area contributed by atoms with Crippen molar-refractivity contribution in [3.63, 3.8) is 0 Å². The smallest absolute Gasteiger partial charge is 0.334 e. The minimum Gasteiger partial charge on any atom is -0.395 e. The minimum atomic E-state index is -1.84. The molecule has 1 unspecified atom stereocenters. The zero-order valence-corrected chi connectivity index (χ0v) is 12.0. The molecule has 16 heavy (non-hydrogen) atoms. The Bertz CT molecular complexity index is 177. The maximum Gasteiger partial charge on any atom is 0.334 e. The first kappa shape index (κ1) is 14.2. The van der Waals surface area contributed by atoms with Gasteiger partial charge < -0.3 is 13.6 Å². The Hall–Kier alpha value is 0.0969. The van der Waals surface area contributed by atoms with E-state index in [1.165, 1.54) is 25.7 Å². The molecular weight excluding hydrogens is 220 g/mol. The SMILES string of the molecule is CCO[Si](C)(CCCCCC1CO1)OCC. The zero-order chi connectivity index (χ0) is 11.9. The average molecular weight is 246 g/mol. The van der Waals surface area contributed by atoms with Crippen LogP contribution in [0, 0.1) is 0 Å². The lowest BCUT2D eigenvalue weighted by Crippen LogP contribution is -2.38. The van der Waals surface area contributed by atoms with Gasteiger partial charge in [-0.1, -0.05) is 19.3 Å². The van der Waals surface area contributed by atoms with Crippen molar-refractivity contribution in [2.45, 2.75) is 58.2 Å². The number of epoxide rings is 1. The minimum absolute atomic E-state index is 0.586. The Kier molecular flexibility index (Phi) is 6.57. The Balaban J connectivity index is 2.05. The fourth-order valence-corrected chi connectivity index (χ4v) is 4.51. The van der Waals surface area contributed by atoms with E-state index in [1.807, 2.05) is 0 Å². The van der Waals surface area contributed by atoms with Crippen LogP contribution >= 0.6 is 0 Å². The van der Waals surface area contributed by atoms with Gasteiger partial charge in [0.15, 0.2) is 0 Å². The first-order valence-corrected chi connectivity index (χ1v) is 9.12. The molecule has 0 N–H and O–H groups in total. The summed E-state index contributed by atoms with van der Waals surface area (Å²) < 4.78 is 16.8. The number of hydrogen-bond acceptors (Lipinski definition) is 3. The van der Waals surface area contributed by atoms with Crippen LogP contribution in [0.4, 0.5) is 0 Å². The molecule has 0 bridgehead atoms. The van der Waals surface area contributed by atoms with Crippen molar-refractivity contribution in [2.75, 3.05) is 19.8 Å². The van der Waals surface area contributed by atoms with Crippen molar-refractivity contribution in [3.05, 3.63) is 0 Å². The Labute approximate surface area is 101 Å². The summed E-state index contributed by atoms with van der Waals surface area (Å²) in [6.45, 7) is 8.83. The van der Waals surface area contributed by atoms with Crippen LogP contribution < -0.4 is 0 Å². The van der Waals surface area contributed by atoms with Gasteiger partial charge in [-0.25, -0.2) is 0 Å². The molecule has 1 saturated heterocycles. The third-order valence-corrected chi connectivity index (χ3v) is 6.02. The second-order valence-corrected chi connectivity index (χ2v) is 7.90. The van der Waals surface area contributed by atoms with Crippen LogP contribution in [-0.4, -0.2) is 34.5 Å². The van der Waals surface area contributed by atoms with E-state index in [0.29, 0.717) is 6.10 Å². The number of rotatable bonds is 10. The summed E-state index contributed by atoms with van der Waals surface area (Å²) in [6.07, 6.45) is 5.62. The summed E-state index contributed by atoms with van der Waals surface area (Å²) in [5, 5.41) is 0. The number of ether oxygens (including phenoxy) is 1. The van der Waals surface area contributed by atoms with Crippen LogP contribution in [0.15, 0.2) is 0 Å². The molecular formula is C12H26O3Si. The van der Waals surface area contributed by atoms with Gasteiger partial charge in [0, 0.05) is 13.2 Å². The standard InChI is InChI=1S/C12H26O3Si/c1-4-14-16(3,15-5-2)10-8-6-7-9-12-11-13-12/h12H,4-11H2,1-3H3. The third kappa shape index (κ3) is 5.99. The highest BCUT2D eigenvalue weighted by molar-refractivity contribution is 6.66. The zero-order valence-electron chi connectivity index (χ0n) is 11.0. The quantitative estimate of drug-likeness (QED) is 0.337. The predicted octanol–water partition coefficient (Wildman–Crippen LogP) is 3.09. The highest BCUT2D eigenvalue weighted by Gasteiger charge is 2.29. The summed E-state index contributed by atoms with van der Waals surface area (Å²) in [5.41, 5.74) is 0. The second-order valence-electron chi connectivity index (χ2n) is 4.55. The molecule has 1 heterocycles. The highest BCUT2D eigenvalue weighted by Crippen LogP contribution is 2.21. The first-order valence-electron chi connectivity index (χ1n) is 6.59. The molecule has 0 radical (unpaired) electrons. The molecule has 3 nitrogen and oxygen atoms in total. The molecule has 1 aliphatic rings. The van der Waals surface area contributed by atoms with Crippen LogP contribution in [0.5, 0.6) is 0 Å². The molecule has 0 aromatic carbocycles. The lowest BCUT2D eigenvalue weighted by atomic mass is 10.2. The second kappa shape index (κ2) is 7.43. The average Bonchev–Trinajstić information content (AvgIpc) is 3.02. The van der Waals surface area contributed by atoms with Crippen molar-refractivity contribution in [1.29, 1.82) is 0 Å². The van der Waals surface area contributed by atoms with Gasteiger partial charge in [-0.15, -0.1) is 0 Å². The highest BCUT2D eigenvalue weighted by atomic mass is 28.4. The van der Waals surface area contributed by atoms with Gasteiger partial charge in [0.25, 0.3) is 0 Å². The largest absolute Gasteiger partial charge is 0.395 e. The van der Waals surface area contributed by atoms with E-state index in [-0.39, 0.29) is 0 Å². The predicted molar refractivity (Wildman–Crippen MR) is 67.9 cm³/mol. The van der Waals surface area contributed by atoms with E-state index in [9.17, 15) is 0 Å². The van der Waals surface area contributed by atoms with Crippen LogP contribution in [0.25, 0.3) is 0 Å². The van der Waals surface area contributed by atoms with Crippen LogP contribution in [0.2, 0.25) is 12.6 Å². The van der Waals surface area contributed by atoms with Crippen molar-refractivity contribution in [2.24, 2.45) is 0 Å². The molecule has 0 aromatic rings. The molecule has 0 amide bonds. The number of hydrogen-bond donors (Lipinski definition) is 0. The lowest BCUT2D eigenvalue weighted by molar-refractivity contribution is 0.188. The van der Waals surface area contributed by atoms with E-state index in [1.54, 1.807) is 0 Å². The third-order valence-electron chi connectivity index (χ3n) is 2.96. The molecule has 0 aliphatic carbocycles. The van der Waals surface area contributed by atoms with Crippen LogP contribution in [-0.2, 0) is 13.6 Å². The van der Waals surface area contributed by atoms with Gasteiger partial charge in [-0.2, -0.15) is 0 Å². The monoisotopic (exact) mass is 246 g/mol. The van der Waals surface area contributed by atoms with Gasteiger partial charge >= 0.3 is 8.56 Å². The lowest BCUT2D eigenvalue weighted by Gasteiger charge is -2.25. The number of unbranched alkanes of at least 4 members (excludes halogenated alkanes) is 2. The van der Waals surface area contributed by atoms with Crippen LogP contribution in [0.1, 0.15) is 39.5 Å². The molecule has 1 fully saturated rings. The summed E-state index contributed by atoms with van der Waals surface area (Å²) in [7, 11) is -1.84. The van der Waals surface area contributed by atoms with Crippen molar-refractivity contribution in [1.82, 2.24) is 0 Å². The molecule has 0 spiro atoms. The topological polar surface area (TPSA) is 31.0 Å². The normalized spacial score (nSPS) is 20.1. The summed E-state index contributed by atoms with van der Waals surface area (Å²) in [4.78, 5) is 0. The van der Waals surface area contributed by atoms with Crippen molar-refractivity contribution < 1.29 is 13.6 Å². The molecule has 0 aromatic heterocycles. The van der Waals surface area contributed by atoms with E-state index in [0.717, 1.165) is 25.9 Å². The van der Waals surface area contributed by atoms with E-state index in [2.05, 4.69) is 20.4 Å². The van der Waals surface area contributed by atoms with Gasteiger partial charge in [-0.05, 0) is 32.9 Å². The molecule has 96 valence electrons. The van der Waals surface area contributed by atoms with Gasteiger partial charge in [0.2, 0.25) is 0 Å². The van der Waals surface area contributed by atoms with E-state index < -0.39 is 8.56 Å². The molecule has 1 aliphatic heterocycles. The summed E-state index contributed by atoms with van der Waals surface area (Å²) in [5.74, 6) is 0. The fourth-order valence-electron chi connectivity index (χ4n) is 2.03. The van der Waals surface area contributed by atoms with Gasteiger partial charge in [0.1, 0.15) is 0 Å². The van der Waals surface area contributed by atoms with Crippen LogP contribution in [0.3, 0.4) is 0 Å². The van der Waals surface area contributed by atoms with Crippen molar-refractivity contribution >= 4 is 8.56 Å². The van der Waals surface area contributed by atoms with Gasteiger partial charge in [-0.3, -0.25) is 0 Å². The molecule has 4 heteroatoms.